The lowest BCUT2D eigenvalue weighted by molar-refractivity contribution is 0.190. The zero-order chi connectivity index (χ0) is 22.7. The minimum Gasteiger partial charge on any atom is -0.490 e. The van der Waals surface area contributed by atoms with Crippen molar-refractivity contribution in [3.8, 4) is 5.75 Å². The molecule has 0 amide bonds. The minimum absolute atomic E-state index is 0.0139. The first-order chi connectivity index (χ1) is 14.7. The lowest BCUT2D eigenvalue weighted by Gasteiger charge is -2.20. The lowest BCUT2D eigenvalue weighted by atomic mass is 9.88. The molecule has 2 aromatic carbocycles. The largest absolute Gasteiger partial charge is 0.490 e. The van der Waals surface area contributed by atoms with E-state index < -0.39 is 29.4 Å². The topological polar surface area (TPSA) is 42.0 Å². The van der Waals surface area contributed by atoms with E-state index >= 15 is 0 Å². The third-order valence-corrected chi connectivity index (χ3v) is 5.81. The highest BCUT2D eigenvalue weighted by molar-refractivity contribution is 5.33. The summed E-state index contributed by atoms with van der Waals surface area (Å²) in [5, 5.41) is 9.46. The summed E-state index contributed by atoms with van der Waals surface area (Å²) in [7, 11) is 0. The standard InChI is InChI=1S/C24H28F4O3/c1-4-15(17-7-8-18(20-12-31-20)23(27)22(17)26)6-5-13(2)11-30-19-10-9-16(14(3)29)21(25)24(19)28/h7-10,13-15,20,29H,4-6,11-12H2,1-3H3. The van der Waals surface area contributed by atoms with Crippen LogP contribution in [0.3, 0.4) is 0 Å². The maximum absolute atomic E-state index is 14.6. The van der Waals surface area contributed by atoms with Gasteiger partial charge in [0.1, 0.15) is 6.10 Å². The number of hydrogen-bond donors (Lipinski definition) is 1. The third-order valence-electron chi connectivity index (χ3n) is 5.81. The second kappa shape index (κ2) is 10.0. The molecule has 31 heavy (non-hydrogen) atoms. The molecule has 1 fully saturated rings. The molecule has 4 unspecified atom stereocenters. The highest BCUT2D eigenvalue weighted by Gasteiger charge is 2.31. The molecule has 3 nitrogen and oxygen atoms in total. The second-order valence-electron chi connectivity index (χ2n) is 8.25. The number of aliphatic hydroxyl groups excluding tert-OH is 1. The zero-order valence-electron chi connectivity index (χ0n) is 17.9. The number of ether oxygens (including phenoxy) is 2. The van der Waals surface area contributed by atoms with E-state index in [4.69, 9.17) is 9.47 Å². The molecule has 1 aliphatic heterocycles. The second-order valence-corrected chi connectivity index (χ2v) is 8.25. The van der Waals surface area contributed by atoms with E-state index in [0.29, 0.717) is 31.4 Å². The Hall–Kier alpha value is -2.12. The van der Waals surface area contributed by atoms with Crippen LogP contribution >= 0.6 is 0 Å². The van der Waals surface area contributed by atoms with Crippen LogP contribution < -0.4 is 4.74 Å². The fraction of sp³-hybridized carbons (Fsp3) is 0.500. The van der Waals surface area contributed by atoms with Crippen LogP contribution in [0.1, 0.15) is 74.8 Å². The van der Waals surface area contributed by atoms with Crippen molar-refractivity contribution in [3.05, 3.63) is 64.2 Å². The fourth-order valence-electron chi connectivity index (χ4n) is 3.73. The molecule has 3 rings (SSSR count). The Balaban J connectivity index is 1.58. The van der Waals surface area contributed by atoms with Gasteiger partial charge in [-0.1, -0.05) is 26.0 Å². The Kier molecular flexibility index (Phi) is 7.59. The SMILES string of the molecule is CCC(CCC(C)COc1ccc(C(C)O)c(F)c1F)c1ccc(C2CO2)c(F)c1F. The van der Waals surface area contributed by atoms with Gasteiger partial charge in [-0.2, -0.15) is 4.39 Å². The van der Waals surface area contributed by atoms with Gasteiger partial charge in [-0.25, -0.2) is 13.2 Å². The molecule has 7 heteroatoms. The third kappa shape index (κ3) is 5.39. The van der Waals surface area contributed by atoms with E-state index in [9.17, 15) is 22.7 Å². The number of benzene rings is 2. The van der Waals surface area contributed by atoms with Gasteiger partial charge < -0.3 is 14.6 Å². The maximum atomic E-state index is 14.6. The Morgan fingerprint density at radius 3 is 2.23 bits per heavy atom. The first-order valence-electron chi connectivity index (χ1n) is 10.6. The van der Waals surface area contributed by atoms with Crippen molar-refractivity contribution in [1.29, 1.82) is 0 Å². The highest BCUT2D eigenvalue weighted by atomic mass is 19.2. The molecule has 4 atom stereocenters. The average Bonchev–Trinajstić information content (AvgIpc) is 3.57. The van der Waals surface area contributed by atoms with Crippen LogP contribution in [-0.4, -0.2) is 18.3 Å². The van der Waals surface area contributed by atoms with Gasteiger partial charge in [0.2, 0.25) is 5.82 Å². The van der Waals surface area contributed by atoms with Crippen LogP contribution in [0.4, 0.5) is 17.6 Å². The molecule has 0 radical (unpaired) electrons. The number of hydrogen-bond acceptors (Lipinski definition) is 3. The van der Waals surface area contributed by atoms with E-state index in [1.54, 1.807) is 12.1 Å². The quantitative estimate of drug-likeness (QED) is 0.345. The molecule has 0 saturated carbocycles. The predicted octanol–water partition coefficient (Wildman–Crippen LogP) is 6.36. The molecule has 2 aromatic rings. The summed E-state index contributed by atoms with van der Waals surface area (Å²) in [5.41, 5.74) is 0.477. The van der Waals surface area contributed by atoms with Crippen molar-refractivity contribution in [1.82, 2.24) is 0 Å². The molecular weight excluding hydrogens is 412 g/mol. The van der Waals surface area contributed by atoms with Gasteiger partial charge >= 0.3 is 0 Å². The van der Waals surface area contributed by atoms with Crippen molar-refractivity contribution in [3.63, 3.8) is 0 Å². The van der Waals surface area contributed by atoms with Gasteiger partial charge in [0.15, 0.2) is 23.2 Å². The fourth-order valence-corrected chi connectivity index (χ4v) is 3.73. The summed E-state index contributed by atoms with van der Waals surface area (Å²) in [5.74, 6) is -4.30. The van der Waals surface area contributed by atoms with Crippen molar-refractivity contribution < 1.29 is 32.1 Å². The predicted molar refractivity (Wildman–Crippen MR) is 109 cm³/mol. The van der Waals surface area contributed by atoms with E-state index in [2.05, 4.69) is 0 Å². The average molecular weight is 440 g/mol. The Morgan fingerprint density at radius 2 is 1.61 bits per heavy atom. The Labute approximate surface area is 180 Å². The molecule has 0 aromatic heterocycles. The van der Waals surface area contributed by atoms with Crippen LogP contribution in [0, 0.1) is 29.2 Å². The monoisotopic (exact) mass is 440 g/mol. The highest BCUT2D eigenvalue weighted by Crippen LogP contribution is 2.36. The molecule has 1 saturated heterocycles. The van der Waals surface area contributed by atoms with Gasteiger partial charge in [-0.05, 0) is 55.7 Å². The van der Waals surface area contributed by atoms with Crippen molar-refractivity contribution >= 4 is 0 Å². The summed E-state index contributed by atoms with van der Waals surface area (Å²) < 4.78 is 67.6. The minimum atomic E-state index is -1.13. The normalized spacial score (nSPS) is 18.5. The van der Waals surface area contributed by atoms with Gasteiger partial charge in [-0.15, -0.1) is 0 Å². The summed E-state index contributed by atoms with van der Waals surface area (Å²) in [6.45, 7) is 5.73. The van der Waals surface area contributed by atoms with Crippen molar-refractivity contribution in [2.75, 3.05) is 13.2 Å². The summed E-state index contributed by atoms with van der Waals surface area (Å²) in [6, 6.07) is 5.82. The van der Waals surface area contributed by atoms with Crippen molar-refractivity contribution in [2.24, 2.45) is 5.92 Å². The number of halogens is 4. The Bertz CT molecular complexity index is 912. The van der Waals surface area contributed by atoms with E-state index in [0.717, 1.165) is 0 Å². The molecule has 1 heterocycles. The van der Waals surface area contributed by atoms with Crippen LogP contribution in [0.2, 0.25) is 0 Å². The molecular formula is C24H28F4O3. The number of epoxide rings is 1. The molecule has 1 N–H and O–H groups in total. The number of aliphatic hydroxyl groups is 1. The Morgan fingerprint density at radius 1 is 0.968 bits per heavy atom. The molecule has 170 valence electrons. The van der Waals surface area contributed by atoms with Gasteiger partial charge in [0.05, 0.1) is 19.3 Å². The molecule has 0 spiro atoms. The first kappa shape index (κ1) is 23.5. The van der Waals surface area contributed by atoms with Crippen LogP contribution in [0.5, 0.6) is 5.75 Å². The lowest BCUT2D eigenvalue weighted by Crippen LogP contribution is -2.13. The smallest absolute Gasteiger partial charge is 0.200 e. The maximum Gasteiger partial charge on any atom is 0.200 e. The van der Waals surface area contributed by atoms with Gasteiger partial charge in [0, 0.05) is 11.1 Å². The van der Waals surface area contributed by atoms with Crippen molar-refractivity contribution in [2.45, 2.75) is 58.2 Å². The number of rotatable bonds is 10. The van der Waals surface area contributed by atoms with E-state index in [-0.39, 0.29) is 41.4 Å². The molecule has 0 bridgehead atoms. The van der Waals surface area contributed by atoms with Crippen LogP contribution in [0.15, 0.2) is 24.3 Å². The summed E-state index contributed by atoms with van der Waals surface area (Å²) in [4.78, 5) is 0. The van der Waals surface area contributed by atoms with Crippen LogP contribution in [0.25, 0.3) is 0 Å². The first-order valence-corrected chi connectivity index (χ1v) is 10.6. The molecule has 0 aliphatic carbocycles. The zero-order valence-corrected chi connectivity index (χ0v) is 17.9. The van der Waals surface area contributed by atoms with E-state index in [1.165, 1.54) is 19.1 Å². The van der Waals surface area contributed by atoms with Gasteiger partial charge in [-0.3, -0.25) is 0 Å². The van der Waals surface area contributed by atoms with Crippen LogP contribution in [-0.2, 0) is 4.74 Å². The van der Waals surface area contributed by atoms with Gasteiger partial charge in [0.25, 0.3) is 0 Å². The van der Waals surface area contributed by atoms with E-state index in [1.807, 2.05) is 13.8 Å². The summed E-state index contributed by atoms with van der Waals surface area (Å²) >= 11 is 0. The summed E-state index contributed by atoms with van der Waals surface area (Å²) in [6.07, 6.45) is 0.423. The molecule has 1 aliphatic rings.